The van der Waals surface area contributed by atoms with E-state index in [0.29, 0.717) is 0 Å². The first-order valence-corrected chi connectivity index (χ1v) is 20.8. The second-order valence-electron chi connectivity index (χ2n) is 18.7. The molecule has 0 saturated carbocycles. The second-order valence-corrected chi connectivity index (χ2v) is 18.7. The van der Waals surface area contributed by atoms with Gasteiger partial charge in [-0.1, -0.05) is 151 Å². The molecule has 12 rings (SSSR count). The van der Waals surface area contributed by atoms with Crippen molar-refractivity contribution < 1.29 is 0 Å². The first-order valence-electron chi connectivity index (χ1n) is 20.8. The normalized spacial score (nSPS) is 16.1. The molecule has 0 aliphatic carbocycles. The van der Waals surface area contributed by atoms with Gasteiger partial charge in [-0.3, -0.25) is 0 Å². The van der Waals surface area contributed by atoms with Crippen LogP contribution < -0.4 is 4.90 Å². The van der Waals surface area contributed by atoms with E-state index in [0.717, 1.165) is 0 Å². The molecule has 1 heteroatoms. The van der Waals surface area contributed by atoms with Crippen molar-refractivity contribution in [3.8, 4) is 33.4 Å². The van der Waals surface area contributed by atoms with E-state index in [9.17, 15) is 0 Å². The van der Waals surface area contributed by atoms with Crippen LogP contribution in [-0.2, 0) is 16.2 Å². The highest BCUT2D eigenvalue weighted by molar-refractivity contribution is 6.02. The Morgan fingerprint density at radius 1 is 0.259 bits per heavy atom. The van der Waals surface area contributed by atoms with E-state index in [1.807, 2.05) is 0 Å². The van der Waals surface area contributed by atoms with Gasteiger partial charge in [-0.2, -0.15) is 0 Å². The van der Waals surface area contributed by atoms with Crippen LogP contribution in [0.25, 0.3) is 65.7 Å². The van der Waals surface area contributed by atoms with Crippen molar-refractivity contribution in [1.82, 2.24) is 0 Å². The van der Waals surface area contributed by atoms with Crippen LogP contribution in [0, 0.1) is 0 Å². The highest BCUT2D eigenvalue weighted by Crippen LogP contribution is 2.67. The van der Waals surface area contributed by atoms with Crippen LogP contribution >= 0.6 is 0 Å². The number of benzene rings is 9. The third-order valence-electron chi connectivity index (χ3n) is 14.3. The minimum Gasteiger partial charge on any atom is -0.309 e. The molecule has 58 heavy (non-hydrogen) atoms. The van der Waals surface area contributed by atoms with Gasteiger partial charge in [0, 0.05) is 16.2 Å². The van der Waals surface area contributed by atoms with Gasteiger partial charge >= 0.3 is 0 Å². The van der Waals surface area contributed by atoms with E-state index in [4.69, 9.17) is 0 Å². The zero-order valence-corrected chi connectivity index (χ0v) is 34.0. The number of hydrogen-bond donors (Lipinski definition) is 0. The molecule has 9 aromatic carbocycles. The third kappa shape index (κ3) is 4.48. The average Bonchev–Trinajstić information content (AvgIpc) is 3.24. The largest absolute Gasteiger partial charge is 0.309 e. The van der Waals surface area contributed by atoms with Gasteiger partial charge in [0.15, 0.2) is 0 Å². The van der Waals surface area contributed by atoms with Gasteiger partial charge in [0.05, 0.1) is 17.1 Å². The molecular weight excluding hydrogens is 699 g/mol. The van der Waals surface area contributed by atoms with Gasteiger partial charge in [0.2, 0.25) is 0 Å². The summed E-state index contributed by atoms with van der Waals surface area (Å²) in [6.45, 7) is 14.8. The molecule has 9 aromatic rings. The Morgan fingerprint density at radius 2 is 0.500 bits per heavy atom. The summed E-state index contributed by atoms with van der Waals surface area (Å²) in [5.41, 5.74) is 19.3. The van der Waals surface area contributed by atoms with Crippen LogP contribution in [0.5, 0.6) is 0 Å². The molecule has 0 bridgehead atoms. The number of rotatable bonds is 3. The van der Waals surface area contributed by atoms with Crippen LogP contribution in [0.1, 0.15) is 74.9 Å². The van der Waals surface area contributed by atoms with E-state index in [1.165, 1.54) is 116 Å². The van der Waals surface area contributed by atoms with Crippen molar-refractivity contribution in [2.24, 2.45) is 0 Å². The fourth-order valence-electron chi connectivity index (χ4n) is 10.9. The molecule has 3 aliphatic heterocycles. The Kier molecular flexibility index (Phi) is 6.60. The smallest absolute Gasteiger partial charge is 0.0544 e. The molecular formula is C57H45N. The number of anilines is 3. The second kappa shape index (κ2) is 11.4. The zero-order valence-electron chi connectivity index (χ0n) is 34.0. The molecule has 0 N–H and O–H groups in total. The van der Waals surface area contributed by atoms with Crippen molar-refractivity contribution in [2.75, 3.05) is 4.90 Å². The Labute approximate surface area is 341 Å². The molecule has 0 spiro atoms. The molecule has 0 fully saturated rings. The van der Waals surface area contributed by atoms with E-state index < -0.39 is 0 Å². The van der Waals surface area contributed by atoms with Crippen LogP contribution in [-0.4, -0.2) is 0 Å². The van der Waals surface area contributed by atoms with Crippen molar-refractivity contribution >= 4 is 49.4 Å². The van der Waals surface area contributed by atoms with Gasteiger partial charge in [-0.05, 0) is 154 Å². The summed E-state index contributed by atoms with van der Waals surface area (Å²) in [6, 6.07) is 62.3. The lowest BCUT2D eigenvalue weighted by Crippen LogP contribution is -2.43. The molecule has 0 unspecified atom stereocenters. The van der Waals surface area contributed by atoms with E-state index in [-0.39, 0.29) is 16.2 Å². The molecule has 0 saturated heterocycles. The Balaban J connectivity index is 1.18. The Hall–Kier alpha value is -6.44. The lowest BCUT2D eigenvalue weighted by atomic mass is 9.60. The molecule has 278 valence electrons. The minimum absolute atomic E-state index is 0.267. The summed E-state index contributed by atoms with van der Waals surface area (Å²) in [5.74, 6) is 0. The summed E-state index contributed by atoms with van der Waals surface area (Å²) in [5, 5.41) is 7.63. The maximum absolute atomic E-state index is 2.71. The van der Waals surface area contributed by atoms with Crippen molar-refractivity contribution in [3.05, 3.63) is 197 Å². The predicted octanol–water partition coefficient (Wildman–Crippen LogP) is 15.5. The van der Waals surface area contributed by atoms with E-state index >= 15 is 0 Å². The number of nitrogens with zero attached hydrogens (tertiary/aromatic N) is 1. The lowest BCUT2D eigenvalue weighted by molar-refractivity contribution is 0.567. The summed E-state index contributed by atoms with van der Waals surface area (Å²) in [4.78, 5) is 2.71. The molecule has 3 aliphatic rings. The Morgan fingerprint density at radius 3 is 0.759 bits per heavy atom. The van der Waals surface area contributed by atoms with Crippen molar-refractivity contribution in [2.45, 2.75) is 57.8 Å². The predicted molar refractivity (Wildman–Crippen MR) is 246 cm³/mol. The average molecular weight is 744 g/mol. The number of hydrogen-bond acceptors (Lipinski definition) is 1. The first kappa shape index (κ1) is 33.7. The fraction of sp³-hybridized carbons (Fsp3) is 0.158. The van der Waals surface area contributed by atoms with Crippen LogP contribution in [0.15, 0.2) is 164 Å². The van der Waals surface area contributed by atoms with Crippen LogP contribution in [0.4, 0.5) is 17.1 Å². The molecule has 3 heterocycles. The summed E-state index contributed by atoms with van der Waals surface area (Å²) in [6.07, 6.45) is 0. The van der Waals surface area contributed by atoms with Crippen LogP contribution in [0.3, 0.4) is 0 Å². The highest BCUT2D eigenvalue weighted by atomic mass is 15.2. The topological polar surface area (TPSA) is 3.24 Å². The summed E-state index contributed by atoms with van der Waals surface area (Å²) < 4.78 is 0. The fourth-order valence-corrected chi connectivity index (χ4v) is 10.9. The molecule has 0 radical (unpaired) electrons. The quantitative estimate of drug-likeness (QED) is 0.174. The zero-order chi connectivity index (χ0) is 39.3. The molecule has 0 aromatic heterocycles. The maximum Gasteiger partial charge on any atom is 0.0544 e. The number of fused-ring (bicyclic) bond motifs is 3. The van der Waals surface area contributed by atoms with E-state index in [2.05, 4.69) is 210 Å². The van der Waals surface area contributed by atoms with Gasteiger partial charge in [0.1, 0.15) is 0 Å². The Bertz CT molecular complexity index is 2830. The molecule has 0 atom stereocenters. The molecule has 1 nitrogen and oxygen atoms in total. The highest BCUT2D eigenvalue weighted by Gasteiger charge is 2.52. The van der Waals surface area contributed by atoms with Crippen molar-refractivity contribution in [1.29, 1.82) is 0 Å². The molecule has 0 amide bonds. The lowest BCUT2D eigenvalue weighted by Gasteiger charge is -2.55. The summed E-state index contributed by atoms with van der Waals surface area (Å²) >= 11 is 0. The first-order chi connectivity index (χ1) is 28.0. The third-order valence-corrected chi connectivity index (χ3v) is 14.3. The van der Waals surface area contributed by atoms with E-state index in [1.54, 1.807) is 0 Å². The van der Waals surface area contributed by atoms with Crippen LogP contribution in [0.2, 0.25) is 0 Å². The van der Waals surface area contributed by atoms with Gasteiger partial charge in [0.25, 0.3) is 0 Å². The van der Waals surface area contributed by atoms with Gasteiger partial charge in [-0.15, -0.1) is 0 Å². The maximum atomic E-state index is 2.71. The van der Waals surface area contributed by atoms with Gasteiger partial charge in [-0.25, -0.2) is 0 Å². The van der Waals surface area contributed by atoms with Gasteiger partial charge < -0.3 is 4.90 Å². The standard InChI is InChI=1S/C57H45N/c1-55(2)46-28-43(40-22-19-34-13-7-10-16-37(34)25-40)30-48-52(46)58-53-47(55)29-44(41-23-20-35-14-8-11-17-38(35)26-41)31-49(53)57(5,6)51-33-45(32-50(54(51)58)56(48,3)4)42-24-21-36-15-9-12-18-39(36)27-42/h7-33H,1-6H3. The SMILES string of the molecule is CC1(C)c2cc(-c3ccc4ccccc4c3)cc3c2N2c4c1cc(-c1ccc5ccccc5c1)cc4C(C)(C)c1cc(-c4ccc5ccccc5c4)cc(c12)C3(C)C. The summed E-state index contributed by atoms with van der Waals surface area (Å²) in [7, 11) is 0. The van der Waals surface area contributed by atoms with Crippen molar-refractivity contribution in [3.63, 3.8) is 0 Å². The minimum atomic E-state index is -0.267. The monoisotopic (exact) mass is 743 g/mol.